The zero-order valence-electron chi connectivity index (χ0n) is 11.5. The number of benzene rings is 1. The van der Waals surface area contributed by atoms with Crippen molar-refractivity contribution >= 4 is 21.4 Å². The third-order valence-corrected chi connectivity index (χ3v) is 6.03. The van der Waals surface area contributed by atoms with Gasteiger partial charge < -0.3 is 9.26 Å². The molecule has 4 rings (SSSR count). The largest absolute Gasteiger partial charge is 0.480 e. The molecule has 8 heteroatoms. The molecule has 0 amide bonds. The fourth-order valence-electron chi connectivity index (χ4n) is 2.90. The number of fused-ring (bicyclic) bond motifs is 1. The predicted octanol–water partition coefficient (Wildman–Crippen LogP) is 2.30. The second-order valence-corrected chi connectivity index (χ2v) is 8.32. The lowest BCUT2D eigenvalue weighted by molar-refractivity contribution is 0.183. The lowest BCUT2D eigenvalue weighted by Crippen LogP contribution is -2.06. The molecule has 0 radical (unpaired) electrons. The maximum Gasteiger partial charge on any atom is 0.268 e. The van der Waals surface area contributed by atoms with E-state index in [0.717, 1.165) is 11.3 Å². The Morgan fingerprint density at radius 1 is 1.32 bits per heavy atom. The van der Waals surface area contributed by atoms with Crippen LogP contribution in [-0.4, -0.2) is 30.1 Å². The van der Waals surface area contributed by atoms with Gasteiger partial charge >= 0.3 is 0 Å². The summed E-state index contributed by atoms with van der Waals surface area (Å²) in [6, 6.07) is 5.45. The molecule has 2 aromatic rings. The Bertz CT molecular complexity index is 833. The zero-order chi connectivity index (χ0) is 15.3. The Kier molecular flexibility index (Phi) is 3.16. The highest BCUT2D eigenvalue weighted by Gasteiger charge is 2.34. The third kappa shape index (κ3) is 2.48. The van der Waals surface area contributed by atoms with Crippen LogP contribution in [0.3, 0.4) is 0 Å². The molecule has 3 heterocycles. The average Bonchev–Trinajstić information content (AvgIpc) is 3.14. The van der Waals surface area contributed by atoms with Gasteiger partial charge in [0.25, 0.3) is 5.89 Å². The van der Waals surface area contributed by atoms with E-state index in [1.54, 1.807) is 6.07 Å². The second kappa shape index (κ2) is 4.96. The molecule has 0 spiro atoms. The van der Waals surface area contributed by atoms with E-state index in [1.165, 1.54) is 0 Å². The molecule has 0 N–H and O–H groups in total. The van der Waals surface area contributed by atoms with Crippen molar-refractivity contribution in [3.63, 3.8) is 0 Å². The molecule has 2 atom stereocenters. The van der Waals surface area contributed by atoms with Gasteiger partial charge in [0, 0.05) is 17.4 Å². The van der Waals surface area contributed by atoms with Crippen LogP contribution in [0.2, 0.25) is 5.02 Å². The normalized spacial score (nSPS) is 25.9. The van der Waals surface area contributed by atoms with Crippen molar-refractivity contribution in [2.24, 2.45) is 0 Å². The molecule has 1 saturated heterocycles. The quantitative estimate of drug-likeness (QED) is 0.834. The minimum Gasteiger partial charge on any atom is -0.480 e. The molecule has 0 aliphatic carbocycles. The first kappa shape index (κ1) is 14.0. The Morgan fingerprint density at radius 3 is 2.95 bits per heavy atom. The summed E-state index contributed by atoms with van der Waals surface area (Å²) >= 11 is 5.97. The fraction of sp³-hybridized carbons (Fsp3) is 0.429. The first-order valence-electron chi connectivity index (χ1n) is 6.99. The Labute approximate surface area is 132 Å². The lowest BCUT2D eigenvalue weighted by Gasteiger charge is -2.04. The van der Waals surface area contributed by atoms with Gasteiger partial charge in [-0.2, -0.15) is 4.98 Å². The van der Waals surface area contributed by atoms with Crippen LogP contribution in [0.5, 0.6) is 5.75 Å². The van der Waals surface area contributed by atoms with Crippen molar-refractivity contribution in [1.82, 2.24) is 10.1 Å². The first-order valence-corrected chi connectivity index (χ1v) is 9.19. The number of ether oxygens (including phenoxy) is 1. The van der Waals surface area contributed by atoms with E-state index in [4.69, 9.17) is 20.9 Å². The van der Waals surface area contributed by atoms with E-state index < -0.39 is 9.84 Å². The molecule has 1 aromatic heterocycles. The van der Waals surface area contributed by atoms with Crippen LogP contribution in [0.15, 0.2) is 22.7 Å². The number of hydrogen-bond donors (Lipinski definition) is 0. The highest BCUT2D eigenvalue weighted by Crippen LogP contribution is 2.38. The van der Waals surface area contributed by atoms with E-state index in [-0.39, 0.29) is 23.5 Å². The third-order valence-electron chi connectivity index (χ3n) is 4.03. The SMILES string of the molecule is O=S1(=O)CCC(c2noc(C3Cc4cc(Cl)ccc4O3)n2)C1. The van der Waals surface area contributed by atoms with Crippen LogP contribution in [0.1, 0.15) is 35.7 Å². The molecule has 6 nitrogen and oxygen atoms in total. The summed E-state index contributed by atoms with van der Waals surface area (Å²) in [5.74, 6) is 1.69. The molecule has 1 fully saturated rings. The molecule has 2 unspecified atom stereocenters. The highest BCUT2D eigenvalue weighted by atomic mass is 35.5. The molecule has 1 aromatic carbocycles. The van der Waals surface area contributed by atoms with E-state index in [1.807, 2.05) is 12.1 Å². The summed E-state index contributed by atoms with van der Waals surface area (Å²) in [5, 5.41) is 4.59. The van der Waals surface area contributed by atoms with E-state index in [0.29, 0.717) is 29.6 Å². The lowest BCUT2D eigenvalue weighted by atomic mass is 10.1. The first-order chi connectivity index (χ1) is 10.5. The van der Waals surface area contributed by atoms with Crippen molar-refractivity contribution in [3.05, 3.63) is 40.5 Å². The van der Waals surface area contributed by atoms with E-state index in [9.17, 15) is 8.42 Å². The Morgan fingerprint density at radius 2 is 2.18 bits per heavy atom. The summed E-state index contributed by atoms with van der Waals surface area (Å²) in [6.45, 7) is 0. The van der Waals surface area contributed by atoms with Gasteiger partial charge in [-0.05, 0) is 30.2 Å². The maximum atomic E-state index is 11.5. The van der Waals surface area contributed by atoms with E-state index >= 15 is 0 Å². The van der Waals surface area contributed by atoms with Gasteiger partial charge in [0.2, 0.25) is 0 Å². The number of sulfone groups is 1. The Balaban J connectivity index is 1.54. The predicted molar refractivity (Wildman–Crippen MR) is 78.8 cm³/mol. The van der Waals surface area contributed by atoms with Crippen LogP contribution in [0.25, 0.3) is 0 Å². The van der Waals surface area contributed by atoms with Gasteiger partial charge in [-0.25, -0.2) is 8.42 Å². The molecular formula is C14H13ClN2O4S. The molecule has 0 bridgehead atoms. The van der Waals surface area contributed by atoms with Crippen molar-refractivity contribution in [2.75, 3.05) is 11.5 Å². The van der Waals surface area contributed by atoms with Crippen LogP contribution in [0, 0.1) is 0 Å². The summed E-state index contributed by atoms with van der Waals surface area (Å²) in [6.07, 6.45) is 0.816. The monoisotopic (exact) mass is 340 g/mol. The number of hydrogen-bond acceptors (Lipinski definition) is 6. The molecule has 22 heavy (non-hydrogen) atoms. The Hall–Kier alpha value is -1.60. The van der Waals surface area contributed by atoms with Gasteiger partial charge in [0.05, 0.1) is 11.5 Å². The minimum atomic E-state index is -2.97. The van der Waals surface area contributed by atoms with Crippen LogP contribution >= 0.6 is 11.6 Å². The second-order valence-electron chi connectivity index (χ2n) is 5.65. The molecule has 2 aliphatic rings. The number of halogens is 1. The topological polar surface area (TPSA) is 82.3 Å². The summed E-state index contributed by atoms with van der Waals surface area (Å²) in [7, 11) is -2.97. The van der Waals surface area contributed by atoms with Gasteiger partial charge in [-0.15, -0.1) is 0 Å². The van der Waals surface area contributed by atoms with Crippen LogP contribution in [-0.2, 0) is 16.3 Å². The van der Waals surface area contributed by atoms with Crippen LogP contribution < -0.4 is 4.74 Å². The maximum absolute atomic E-state index is 11.5. The summed E-state index contributed by atoms with van der Waals surface area (Å²) in [5.41, 5.74) is 1.00. The summed E-state index contributed by atoms with van der Waals surface area (Å²) in [4.78, 5) is 4.35. The number of nitrogens with zero attached hydrogens (tertiary/aromatic N) is 2. The van der Waals surface area contributed by atoms with Gasteiger partial charge in [-0.1, -0.05) is 16.8 Å². The molecule has 2 aliphatic heterocycles. The zero-order valence-corrected chi connectivity index (χ0v) is 13.1. The smallest absolute Gasteiger partial charge is 0.268 e. The minimum absolute atomic E-state index is 0.0906. The molecule has 0 saturated carbocycles. The van der Waals surface area contributed by atoms with Crippen molar-refractivity contribution in [3.8, 4) is 5.75 Å². The number of aromatic nitrogens is 2. The van der Waals surface area contributed by atoms with Gasteiger partial charge in [-0.3, -0.25) is 0 Å². The fourth-order valence-corrected chi connectivity index (χ4v) is 4.83. The highest BCUT2D eigenvalue weighted by molar-refractivity contribution is 7.91. The van der Waals surface area contributed by atoms with Gasteiger partial charge in [0.1, 0.15) is 5.75 Å². The number of rotatable bonds is 2. The van der Waals surface area contributed by atoms with Crippen molar-refractivity contribution < 1.29 is 17.7 Å². The van der Waals surface area contributed by atoms with Crippen molar-refractivity contribution in [1.29, 1.82) is 0 Å². The van der Waals surface area contributed by atoms with Crippen molar-refractivity contribution in [2.45, 2.75) is 24.9 Å². The average molecular weight is 341 g/mol. The standard InChI is InChI=1S/C14H13ClN2O4S/c15-10-1-2-11-9(5-10)6-12(20-11)14-16-13(17-21-14)8-3-4-22(18,19)7-8/h1-2,5,8,12H,3-4,6-7H2. The van der Waals surface area contributed by atoms with E-state index in [2.05, 4.69) is 10.1 Å². The van der Waals surface area contributed by atoms with Gasteiger partial charge in [0.15, 0.2) is 21.8 Å². The summed E-state index contributed by atoms with van der Waals surface area (Å²) < 4.78 is 34.1. The molecule has 116 valence electrons. The van der Waals surface area contributed by atoms with Crippen LogP contribution in [0.4, 0.5) is 0 Å². The molecular weight excluding hydrogens is 328 g/mol.